The van der Waals surface area contributed by atoms with Crippen LogP contribution in [-0.2, 0) is 13.6 Å². The van der Waals surface area contributed by atoms with Gasteiger partial charge in [0.15, 0.2) is 5.82 Å². The van der Waals surface area contributed by atoms with Gasteiger partial charge in [-0.1, -0.05) is 0 Å². The molecule has 0 bridgehead atoms. The summed E-state index contributed by atoms with van der Waals surface area (Å²) in [7, 11) is 1.77. The van der Waals surface area contributed by atoms with Crippen LogP contribution < -0.4 is 5.73 Å². The molecule has 13 heavy (non-hydrogen) atoms. The Morgan fingerprint density at radius 2 is 2.46 bits per heavy atom. The second-order valence-corrected chi connectivity index (χ2v) is 3.48. The molecular weight excluding hydrogens is 168 g/mol. The van der Waals surface area contributed by atoms with Gasteiger partial charge in [0.25, 0.3) is 0 Å². The summed E-state index contributed by atoms with van der Waals surface area (Å²) in [6.07, 6.45) is 1.07. The van der Waals surface area contributed by atoms with Crippen molar-refractivity contribution in [2.75, 3.05) is 13.1 Å². The molecule has 1 aromatic rings. The molecule has 1 aromatic heterocycles. The quantitative estimate of drug-likeness (QED) is 0.618. The van der Waals surface area contributed by atoms with Gasteiger partial charge in [-0.25, -0.2) is 0 Å². The second-order valence-electron chi connectivity index (χ2n) is 3.48. The molecule has 1 aliphatic rings. The lowest BCUT2D eigenvalue weighted by atomic mass is 10.3. The zero-order valence-corrected chi connectivity index (χ0v) is 7.72. The number of hydrogen-bond donors (Lipinski definition) is 1. The first kappa shape index (κ1) is 8.58. The maximum absolute atomic E-state index is 5.78. The molecule has 0 aliphatic carbocycles. The van der Waals surface area contributed by atoms with Gasteiger partial charge < -0.3 is 5.73 Å². The molecule has 6 nitrogen and oxygen atoms in total. The van der Waals surface area contributed by atoms with E-state index in [2.05, 4.69) is 20.3 Å². The number of nitrogens with zero attached hydrogens (tertiary/aromatic N) is 5. The summed E-state index contributed by atoms with van der Waals surface area (Å²) in [6.45, 7) is 2.75. The van der Waals surface area contributed by atoms with Crippen LogP contribution in [0.3, 0.4) is 0 Å². The van der Waals surface area contributed by atoms with Crippen LogP contribution in [0.15, 0.2) is 0 Å². The monoisotopic (exact) mass is 182 g/mol. The largest absolute Gasteiger partial charge is 0.326 e. The Bertz CT molecular complexity index is 282. The highest BCUT2D eigenvalue weighted by molar-refractivity contribution is 4.83. The number of aromatic nitrogens is 4. The zero-order chi connectivity index (χ0) is 9.26. The first-order chi connectivity index (χ1) is 6.24. The third kappa shape index (κ3) is 2.02. The minimum atomic E-state index is 0.316. The average Bonchev–Trinajstić information content (AvgIpc) is 2.62. The molecular formula is C7H14N6. The molecule has 0 aromatic carbocycles. The van der Waals surface area contributed by atoms with Gasteiger partial charge in [0.05, 0.1) is 13.6 Å². The Kier molecular flexibility index (Phi) is 2.24. The molecule has 0 unspecified atom stereocenters. The van der Waals surface area contributed by atoms with Crippen molar-refractivity contribution < 1.29 is 0 Å². The predicted molar refractivity (Wildman–Crippen MR) is 46.7 cm³/mol. The van der Waals surface area contributed by atoms with Crippen molar-refractivity contribution in [2.45, 2.75) is 19.0 Å². The summed E-state index contributed by atoms with van der Waals surface area (Å²) < 4.78 is 0. The molecule has 1 saturated heterocycles. The molecule has 2 heterocycles. The SMILES string of the molecule is Cn1nnc(CN2CC[C@@H](N)C2)n1. The van der Waals surface area contributed by atoms with Crippen LogP contribution in [0.1, 0.15) is 12.2 Å². The summed E-state index contributed by atoms with van der Waals surface area (Å²) in [5.41, 5.74) is 5.78. The van der Waals surface area contributed by atoms with Crippen molar-refractivity contribution in [2.24, 2.45) is 12.8 Å². The van der Waals surface area contributed by atoms with Crippen LogP contribution >= 0.6 is 0 Å². The van der Waals surface area contributed by atoms with Gasteiger partial charge in [0, 0.05) is 19.1 Å². The van der Waals surface area contributed by atoms with Crippen molar-refractivity contribution >= 4 is 0 Å². The van der Waals surface area contributed by atoms with Crippen molar-refractivity contribution in [1.82, 2.24) is 25.1 Å². The first-order valence-corrected chi connectivity index (χ1v) is 4.45. The highest BCUT2D eigenvalue weighted by atomic mass is 15.6. The van der Waals surface area contributed by atoms with Gasteiger partial charge in [0.2, 0.25) is 0 Å². The maximum atomic E-state index is 5.78. The Labute approximate surface area is 76.7 Å². The molecule has 0 spiro atoms. The first-order valence-electron chi connectivity index (χ1n) is 4.45. The topological polar surface area (TPSA) is 72.9 Å². The van der Waals surface area contributed by atoms with E-state index in [1.807, 2.05) is 0 Å². The van der Waals surface area contributed by atoms with Gasteiger partial charge in [-0.3, -0.25) is 4.90 Å². The van der Waals surface area contributed by atoms with E-state index in [1.165, 1.54) is 4.80 Å². The summed E-state index contributed by atoms with van der Waals surface area (Å²) in [5.74, 6) is 0.775. The number of rotatable bonds is 2. The van der Waals surface area contributed by atoms with E-state index in [9.17, 15) is 0 Å². The lowest BCUT2D eigenvalue weighted by molar-refractivity contribution is 0.317. The standard InChI is InChI=1S/C7H14N6/c1-12-10-7(9-11-12)5-13-3-2-6(8)4-13/h6H,2-5,8H2,1H3/t6-/m1/s1. The second kappa shape index (κ2) is 3.39. The minimum Gasteiger partial charge on any atom is -0.326 e. The van der Waals surface area contributed by atoms with E-state index in [0.717, 1.165) is 31.9 Å². The van der Waals surface area contributed by atoms with E-state index in [0.29, 0.717) is 6.04 Å². The molecule has 2 rings (SSSR count). The van der Waals surface area contributed by atoms with E-state index >= 15 is 0 Å². The van der Waals surface area contributed by atoms with Crippen molar-refractivity contribution in [1.29, 1.82) is 0 Å². The number of aryl methyl sites for hydroxylation is 1. The van der Waals surface area contributed by atoms with E-state index in [-0.39, 0.29) is 0 Å². The third-order valence-electron chi connectivity index (χ3n) is 2.22. The molecule has 0 radical (unpaired) electrons. The molecule has 6 heteroatoms. The van der Waals surface area contributed by atoms with Gasteiger partial charge in [-0.2, -0.15) is 4.80 Å². The van der Waals surface area contributed by atoms with Crippen LogP contribution in [0.5, 0.6) is 0 Å². The average molecular weight is 182 g/mol. The Hall–Kier alpha value is -1.01. The zero-order valence-electron chi connectivity index (χ0n) is 7.72. The Morgan fingerprint density at radius 1 is 1.62 bits per heavy atom. The number of tetrazole rings is 1. The van der Waals surface area contributed by atoms with Gasteiger partial charge in [-0.05, 0) is 11.6 Å². The molecule has 0 saturated carbocycles. The highest BCUT2D eigenvalue weighted by Crippen LogP contribution is 2.08. The number of nitrogens with two attached hydrogens (primary N) is 1. The van der Waals surface area contributed by atoms with Crippen LogP contribution in [0.2, 0.25) is 0 Å². The lowest BCUT2D eigenvalue weighted by Gasteiger charge is -2.11. The summed E-state index contributed by atoms with van der Waals surface area (Å²) >= 11 is 0. The molecule has 1 atom stereocenters. The van der Waals surface area contributed by atoms with Crippen LogP contribution in [-0.4, -0.2) is 44.2 Å². The van der Waals surface area contributed by atoms with E-state index in [1.54, 1.807) is 7.05 Å². The van der Waals surface area contributed by atoms with Crippen molar-refractivity contribution in [3.05, 3.63) is 5.82 Å². The molecule has 1 aliphatic heterocycles. The third-order valence-corrected chi connectivity index (χ3v) is 2.22. The summed E-state index contributed by atoms with van der Waals surface area (Å²) in [6, 6.07) is 0.316. The number of hydrogen-bond acceptors (Lipinski definition) is 5. The smallest absolute Gasteiger partial charge is 0.188 e. The maximum Gasteiger partial charge on any atom is 0.188 e. The molecule has 0 amide bonds. The summed E-state index contributed by atoms with van der Waals surface area (Å²) in [5, 5.41) is 11.8. The molecule has 72 valence electrons. The van der Waals surface area contributed by atoms with Crippen LogP contribution in [0.25, 0.3) is 0 Å². The predicted octanol–water partition coefficient (Wildman–Crippen LogP) is -1.26. The van der Waals surface area contributed by atoms with E-state index in [4.69, 9.17) is 5.73 Å². The normalized spacial score (nSPS) is 24.0. The Morgan fingerprint density at radius 3 is 3.00 bits per heavy atom. The fourth-order valence-electron chi connectivity index (χ4n) is 1.59. The Balaban J connectivity index is 1.91. The van der Waals surface area contributed by atoms with Gasteiger partial charge in [0.1, 0.15) is 0 Å². The van der Waals surface area contributed by atoms with Crippen LogP contribution in [0.4, 0.5) is 0 Å². The molecule has 1 fully saturated rings. The van der Waals surface area contributed by atoms with Gasteiger partial charge in [-0.15, -0.1) is 10.2 Å². The van der Waals surface area contributed by atoms with E-state index < -0.39 is 0 Å². The lowest BCUT2D eigenvalue weighted by Crippen LogP contribution is -2.26. The van der Waals surface area contributed by atoms with Crippen molar-refractivity contribution in [3.8, 4) is 0 Å². The minimum absolute atomic E-state index is 0.316. The van der Waals surface area contributed by atoms with Gasteiger partial charge >= 0.3 is 0 Å². The fourth-order valence-corrected chi connectivity index (χ4v) is 1.59. The number of likely N-dealkylation sites (tertiary alicyclic amines) is 1. The highest BCUT2D eigenvalue weighted by Gasteiger charge is 2.20. The van der Waals surface area contributed by atoms with Crippen molar-refractivity contribution in [3.63, 3.8) is 0 Å². The fraction of sp³-hybridized carbons (Fsp3) is 0.857. The summed E-state index contributed by atoms with van der Waals surface area (Å²) in [4.78, 5) is 3.73. The molecule has 2 N–H and O–H groups in total. The van der Waals surface area contributed by atoms with Crippen LogP contribution in [0, 0.1) is 0 Å².